The van der Waals surface area contributed by atoms with Crippen molar-refractivity contribution in [3.8, 4) is 17.2 Å². The molecular formula is C22H18N2O4. The van der Waals surface area contributed by atoms with Crippen LogP contribution in [0.4, 0.5) is 0 Å². The number of ether oxygens (including phenoxy) is 2. The second kappa shape index (κ2) is 7.44. The van der Waals surface area contributed by atoms with Crippen LogP contribution in [0.1, 0.15) is 15.9 Å². The first-order valence-corrected chi connectivity index (χ1v) is 8.74. The molecule has 0 bridgehead atoms. The van der Waals surface area contributed by atoms with E-state index >= 15 is 0 Å². The molecule has 1 N–H and O–H groups in total. The molecule has 1 aromatic heterocycles. The number of carbonyl (C=O) groups is 1. The largest absolute Gasteiger partial charge is 0.489 e. The summed E-state index contributed by atoms with van der Waals surface area (Å²) in [6.45, 7) is 0.474. The molecule has 0 aliphatic heterocycles. The van der Waals surface area contributed by atoms with E-state index in [1.165, 1.54) is 0 Å². The van der Waals surface area contributed by atoms with Crippen LogP contribution in [0.3, 0.4) is 0 Å². The Bertz CT molecular complexity index is 1120. The number of nitrogens with zero attached hydrogens (tertiary/aromatic N) is 2. The molecule has 6 heteroatoms. The highest BCUT2D eigenvalue weighted by atomic mass is 16.5. The maximum atomic E-state index is 11.6. The zero-order valence-corrected chi connectivity index (χ0v) is 15.2. The van der Waals surface area contributed by atoms with Gasteiger partial charge in [0.05, 0.1) is 11.7 Å². The molecule has 0 unspecified atom stereocenters. The van der Waals surface area contributed by atoms with Crippen molar-refractivity contribution in [2.75, 3.05) is 0 Å². The number of hydrogen-bond donors (Lipinski definition) is 1. The first-order valence-electron chi connectivity index (χ1n) is 8.74. The summed E-state index contributed by atoms with van der Waals surface area (Å²) >= 11 is 0. The average Bonchev–Trinajstić information content (AvgIpc) is 3.07. The Hall–Kier alpha value is -3.80. The molecule has 0 aliphatic rings. The SMILES string of the molecule is Cn1ncc2cc(C(=O)O)c(Oc3ccc(OCc4ccccc4)cc3)cc21. The van der Waals surface area contributed by atoms with Crippen molar-refractivity contribution < 1.29 is 19.4 Å². The number of fused-ring (bicyclic) bond motifs is 1. The zero-order chi connectivity index (χ0) is 19.5. The van der Waals surface area contributed by atoms with Crippen LogP contribution in [0.25, 0.3) is 10.9 Å². The van der Waals surface area contributed by atoms with Crippen LogP contribution in [-0.4, -0.2) is 20.9 Å². The fraction of sp³-hybridized carbons (Fsp3) is 0.0909. The fourth-order valence-corrected chi connectivity index (χ4v) is 2.90. The molecule has 28 heavy (non-hydrogen) atoms. The summed E-state index contributed by atoms with van der Waals surface area (Å²) in [4.78, 5) is 11.6. The molecule has 0 aliphatic carbocycles. The molecule has 140 valence electrons. The highest BCUT2D eigenvalue weighted by Gasteiger charge is 2.15. The number of hydrogen-bond acceptors (Lipinski definition) is 4. The normalized spacial score (nSPS) is 10.8. The molecule has 0 saturated heterocycles. The Morgan fingerprint density at radius 1 is 1.04 bits per heavy atom. The Balaban J connectivity index is 1.53. The molecular weight excluding hydrogens is 356 g/mol. The van der Waals surface area contributed by atoms with Gasteiger partial charge in [0.15, 0.2) is 0 Å². The van der Waals surface area contributed by atoms with E-state index < -0.39 is 5.97 Å². The predicted molar refractivity (Wildman–Crippen MR) is 105 cm³/mol. The van der Waals surface area contributed by atoms with Gasteiger partial charge in [-0.2, -0.15) is 5.10 Å². The van der Waals surface area contributed by atoms with E-state index in [0.29, 0.717) is 18.1 Å². The van der Waals surface area contributed by atoms with Crippen molar-refractivity contribution in [3.63, 3.8) is 0 Å². The van der Waals surface area contributed by atoms with Crippen LogP contribution in [0.5, 0.6) is 17.2 Å². The van der Waals surface area contributed by atoms with Gasteiger partial charge in [-0.15, -0.1) is 0 Å². The van der Waals surface area contributed by atoms with Gasteiger partial charge in [-0.25, -0.2) is 4.79 Å². The minimum atomic E-state index is -1.05. The summed E-state index contributed by atoms with van der Waals surface area (Å²) in [6, 6.07) is 20.2. The van der Waals surface area contributed by atoms with Crippen molar-refractivity contribution >= 4 is 16.9 Å². The molecule has 4 rings (SSSR count). The van der Waals surface area contributed by atoms with Gasteiger partial charge < -0.3 is 14.6 Å². The van der Waals surface area contributed by atoms with Crippen molar-refractivity contribution in [2.24, 2.45) is 7.05 Å². The highest BCUT2D eigenvalue weighted by molar-refractivity contribution is 5.96. The van der Waals surface area contributed by atoms with Crippen molar-refractivity contribution in [3.05, 3.63) is 84.1 Å². The van der Waals surface area contributed by atoms with Gasteiger partial charge >= 0.3 is 5.97 Å². The van der Waals surface area contributed by atoms with E-state index in [4.69, 9.17) is 9.47 Å². The van der Waals surface area contributed by atoms with Crippen LogP contribution in [-0.2, 0) is 13.7 Å². The third-order valence-corrected chi connectivity index (χ3v) is 4.38. The van der Waals surface area contributed by atoms with E-state index in [0.717, 1.165) is 16.5 Å². The lowest BCUT2D eigenvalue weighted by molar-refractivity contribution is 0.0694. The molecule has 0 radical (unpaired) electrons. The Labute approximate surface area is 161 Å². The van der Waals surface area contributed by atoms with Crippen LogP contribution < -0.4 is 9.47 Å². The average molecular weight is 374 g/mol. The Kier molecular flexibility index (Phi) is 4.68. The maximum absolute atomic E-state index is 11.6. The summed E-state index contributed by atoms with van der Waals surface area (Å²) in [5.41, 5.74) is 1.96. The van der Waals surface area contributed by atoms with Gasteiger partial charge in [0.2, 0.25) is 0 Å². The van der Waals surface area contributed by atoms with Gasteiger partial charge in [-0.1, -0.05) is 30.3 Å². The van der Waals surface area contributed by atoms with Crippen molar-refractivity contribution in [1.29, 1.82) is 0 Å². The van der Waals surface area contributed by atoms with E-state index in [1.54, 1.807) is 54.3 Å². The number of aryl methyl sites for hydroxylation is 1. The van der Waals surface area contributed by atoms with Gasteiger partial charge in [0.25, 0.3) is 0 Å². The van der Waals surface area contributed by atoms with Crippen molar-refractivity contribution in [1.82, 2.24) is 9.78 Å². The highest BCUT2D eigenvalue weighted by Crippen LogP contribution is 2.31. The number of aromatic nitrogens is 2. The minimum absolute atomic E-state index is 0.0879. The Morgan fingerprint density at radius 2 is 1.75 bits per heavy atom. The van der Waals surface area contributed by atoms with Gasteiger partial charge in [0, 0.05) is 18.5 Å². The smallest absolute Gasteiger partial charge is 0.339 e. The van der Waals surface area contributed by atoms with E-state index in [1.807, 2.05) is 30.3 Å². The second-order valence-electron chi connectivity index (χ2n) is 6.33. The summed E-state index contributed by atoms with van der Waals surface area (Å²) < 4.78 is 13.3. The molecule has 0 atom stereocenters. The number of carboxylic acid groups (broad SMARTS) is 1. The van der Waals surface area contributed by atoms with E-state index in [9.17, 15) is 9.90 Å². The predicted octanol–water partition coefficient (Wildman–Crippen LogP) is 4.64. The number of carboxylic acids is 1. The summed E-state index contributed by atoms with van der Waals surface area (Å²) in [7, 11) is 1.80. The van der Waals surface area contributed by atoms with E-state index in [2.05, 4.69) is 5.10 Å². The van der Waals surface area contributed by atoms with E-state index in [-0.39, 0.29) is 11.3 Å². The third-order valence-electron chi connectivity index (χ3n) is 4.38. The maximum Gasteiger partial charge on any atom is 0.339 e. The lowest BCUT2D eigenvalue weighted by atomic mass is 10.1. The van der Waals surface area contributed by atoms with Crippen LogP contribution in [0.15, 0.2) is 72.9 Å². The molecule has 4 aromatic rings. The first-order chi connectivity index (χ1) is 13.6. The first kappa shape index (κ1) is 17.6. The number of aromatic carboxylic acids is 1. The lowest BCUT2D eigenvalue weighted by Gasteiger charge is -2.11. The monoisotopic (exact) mass is 374 g/mol. The second-order valence-corrected chi connectivity index (χ2v) is 6.33. The molecule has 0 saturated carbocycles. The lowest BCUT2D eigenvalue weighted by Crippen LogP contribution is -2.01. The van der Waals surface area contributed by atoms with Crippen LogP contribution in [0, 0.1) is 0 Å². The minimum Gasteiger partial charge on any atom is -0.489 e. The molecule has 0 spiro atoms. The molecule has 3 aromatic carbocycles. The summed E-state index contributed by atoms with van der Waals surface area (Å²) in [5.74, 6) is 0.443. The molecule has 0 fully saturated rings. The standard InChI is InChI=1S/C22H18N2O4/c1-24-20-12-21(19(22(25)26)11-16(20)13-23-24)28-18-9-7-17(8-10-18)27-14-15-5-3-2-4-6-15/h2-13H,14H2,1H3,(H,25,26). The zero-order valence-electron chi connectivity index (χ0n) is 15.2. The molecule has 0 amide bonds. The number of benzene rings is 3. The van der Waals surface area contributed by atoms with Crippen LogP contribution in [0.2, 0.25) is 0 Å². The van der Waals surface area contributed by atoms with Gasteiger partial charge in [0.1, 0.15) is 29.4 Å². The van der Waals surface area contributed by atoms with Gasteiger partial charge in [-0.3, -0.25) is 4.68 Å². The molecule has 6 nitrogen and oxygen atoms in total. The Morgan fingerprint density at radius 3 is 2.46 bits per heavy atom. The molecule has 1 heterocycles. The third kappa shape index (κ3) is 3.66. The number of rotatable bonds is 6. The summed E-state index contributed by atoms with van der Waals surface area (Å²) in [5, 5.41) is 14.4. The topological polar surface area (TPSA) is 73.6 Å². The fourth-order valence-electron chi connectivity index (χ4n) is 2.90. The summed E-state index contributed by atoms with van der Waals surface area (Å²) in [6.07, 6.45) is 1.63. The van der Waals surface area contributed by atoms with Crippen molar-refractivity contribution in [2.45, 2.75) is 6.61 Å². The quantitative estimate of drug-likeness (QED) is 0.532. The van der Waals surface area contributed by atoms with Gasteiger partial charge in [-0.05, 0) is 35.9 Å². The van der Waals surface area contributed by atoms with Crippen LogP contribution >= 0.6 is 0 Å².